The van der Waals surface area contributed by atoms with Crippen molar-refractivity contribution >= 4 is 22.9 Å². The van der Waals surface area contributed by atoms with Crippen LogP contribution in [0.5, 0.6) is 11.5 Å². The molecule has 0 radical (unpaired) electrons. The molecule has 2 aromatic carbocycles. The summed E-state index contributed by atoms with van der Waals surface area (Å²) in [7, 11) is 0. The summed E-state index contributed by atoms with van der Waals surface area (Å²) in [4.78, 5) is 16.8. The molecule has 0 saturated carbocycles. The normalized spacial score (nSPS) is 10.7. The van der Waals surface area contributed by atoms with Crippen molar-refractivity contribution in [3.05, 3.63) is 70.2 Å². The monoisotopic (exact) mass is 390 g/mol. The van der Waals surface area contributed by atoms with E-state index >= 15 is 0 Å². The first-order valence-corrected chi connectivity index (χ1v) is 8.88. The minimum Gasteiger partial charge on any atom is -0.487 e. The largest absolute Gasteiger partial charge is 0.487 e. The van der Waals surface area contributed by atoms with Gasteiger partial charge in [0.25, 0.3) is 5.91 Å². The highest BCUT2D eigenvalue weighted by atomic mass is 32.1. The van der Waals surface area contributed by atoms with Gasteiger partial charge in [-0.2, -0.15) is 8.78 Å². The Balaban J connectivity index is 1.68. The number of aromatic nitrogens is 1. The zero-order valence-electron chi connectivity index (χ0n) is 14.3. The number of amides is 1. The maximum absolute atomic E-state index is 12.5. The van der Waals surface area contributed by atoms with Crippen molar-refractivity contribution in [2.75, 3.05) is 5.32 Å². The number of hydrogen-bond acceptors (Lipinski definition) is 5. The Morgan fingerprint density at radius 1 is 1.22 bits per heavy atom. The van der Waals surface area contributed by atoms with E-state index in [4.69, 9.17) is 4.74 Å². The number of para-hydroxylation sites is 2. The number of nitrogens with zero attached hydrogens (tertiary/aromatic N) is 1. The molecule has 0 atom stereocenters. The van der Waals surface area contributed by atoms with Crippen LogP contribution in [0.3, 0.4) is 0 Å². The number of anilines is 1. The SMILES string of the molecule is Cc1nc(COc2cccc(C(=O)Nc3ccccc3OC(F)F)c2)cs1. The molecule has 3 aromatic rings. The Morgan fingerprint density at radius 2 is 2.04 bits per heavy atom. The number of rotatable bonds is 7. The minimum absolute atomic E-state index is 0.104. The Kier molecular flexibility index (Phi) is 5.97. The molecule has 0 fully saturated rings. The summed E-state index contributed by atoms with van der Waals surface area (Å²) < 4.78 is 35.0. The second kappa shape index (κ2) is 8.59. The highest BCUT2D eigenvalue weighted by Gasteiger charge is 2.13. The van der Waals surface area contributed by atoms with Crippen LogP contribution in [0.4, 0.5) is 14.5 Å². The molecular formula is C19H16F2N2O3S. The predicted octanol–water partition coefficient (Wildman–Crippen LogP) is 4.88. The molecule has 1 heterocycles. The molecule has 0 unspecified atom stereocenters. The van der Waals surface area contributed by atoms with E-state index in [0.29, 0.717) is 17.9 Å². The smallest absolute Gasteiger partial charge is 0.387 e. The third kappa shape index (κ3) is 5.24. The van der Waals surface area contributed by atoms with Crippen molar-refractivity contribution in [2.24, 2.45) is 0 Å². The number of halogens is 2. The average molecular weight is 390 g/mol. The van der Waals surface area contributed by atoms with Gasteiger partial charge < -0.3 is 14.8 Å². The van der Waals surface area contributed by atoms with E-state index in [-0.39, 0.29) is 11.4 Å². The zero-order valence-corrected chi connectivity index (χ0v) is 15.1. The van der Waals surface area contributed by atoms with Gasteiger partial charge in [0.15, 0.2) is 0 Å². The molecule has 0 aliphatic heterocycles. The van der Waals surface area contributed by atoms with Gasteiger partial charge in [-0.15, -0.1) is 11.3 Å². The van der Waals surface area contributed by atoms with Gasteiger partial charge in [-0.1, -0.05) is 18.2 Å². The van der Waals surface area contributed by atoms with Gasteiger partial charge in [0.05, 0.1) is 16.4 Å². The fourth-order valence-electron chi connectivity index (χ4n) is 2.32. The van der Waals surface area contributed by atoms with Crippen molar-refractivity contribution < 1.29 is 23.0 Å². The zero-order chi connectivity index (χ0) is 19.2. The highest BCUT2D eigenvalue weighted by Crippen LogP contribution is 2.26. The lowest BCUT2D eigenvalue weighted by Crippen LogP contribution is -2.14. The molecule has 0 aliphatic rings. The number of thiazole rings is 1. The lowest BCUT2D eigenvalue weighted by atomic mass is 10.2. The molecular weight excluding hydrogens is 374 g/mol. The van der Waals surface area contributed by atoms with Gasteiger partial charge in [-0.25, -0.2) is 4.98 Å². The van der Waals surface area contributed by atoms with Crippen LogP contribution in [0.2, 0.25) is 0 Å². The van der Waals surface area contributed by atoms with Crippen LogP contribution in [0.1, 0.15) is 21.1 Å². The van der Waals surface area contributed by atoms with Gasteiger partial charge >= 0.3 is 6.61 Å². The van der Waals surface area contributed by atoms with Crippen molar-refractivity contribution in [2.45, 2.75) is 20.1 Å². The van der Waals surface area contributed by atoms with E-state index in [1.165, 1.54) is 23.5 Å². The van der Waals surface area contributed by atoms with Crippen molar-refractivity contribution in [1.29, 1.82) is 0 Å². The summed E-state index contributed by atoms with van der Waals surface area (Å²) in [6.45, 7) is -0.774. The number of aryl methyl sites for hydroxylation is 1. The molecule has 8 heteroatoms. The van der Waals surface area contributed by atoms with Crippen molar-refractivity contribution in [3.8, 4) is 11.5 Å². The second-order valence-electron chi connectivity index (χ2n) is 5.50. The van der Waals surface area contributed by atoms with Gasteiger partial charge in [-0.3, -0.25) is 4.79 Å². The van der Waals surface area contributed by atoms with Crippen LogP contribution in [0.25, 0.3) is 0 Å². The lowest BCUT2D eigenvalue weighted by Gasteiger charge is -2.12. The topological polar surface area (TPSA) is 60.5 Å². The molecule has 140 valence electrons. The summed E-state index contributed by atoms with van der Waals surface area (Å²) in [6, 6.07) is 12.6. The highest BCUT2D eigenvalue weighted by molar-refractivity contribution is 7.09. The molecule has 1 amide bonds. The van der Waals surface area contributed by atoms with Crippen LogP contribution in [0, 0.1) is 6.92 Å². The summed E-state index contributed by atoms with van der Waals surface area (Å²) in [5.74, 6) is -0.0622. The maximum atomic E-state index is 12.5. The number of benzene rings is 2. The molecule has 5 nitrogen and oxygen atoms in total. The molecule has 0 aliphatic carbocycles. The van der Waals surface area contributed by atoms with E-state index in [9.17, 15) is 13.6 Å². The Labute approximate surface area is 158 Å². The number of nitrogens with one attached hydrogen (secondary N) is 1. The maximum Gasteiger partial charge on any atom is 0.387 e. The van der Waals surface area contributed by atoms with Gasteiger partial charge in [0.2, 0.25) is 0 Å². The van der Waals surface area contributed by atoms with E-state index in [1.54, 1.807) is 36.4 Å². The predicted molar refractivity (Wildman–Crippen MR) is 98.7 cm³/mol. The lowest BCUT2D eigenvalue weighted by molar-refractivity contribution is -0.0493. The Morgan fingerprint density at radius 3 is 2.78 bits per heavy atom. The molecule has 1 N–H and O–H groups in total. The summed E-state index contributed by atoms with van der Waals surface area (Å²) in [5.41, 5.74) is 1.30. The molecule has 27 heavy (non-hydrogen) atoms. The van der Waals surface area contributed by atoms with Gasteiger partial charge in [0, 0.05) is 10.9 Å². The first-order chi connectivity index (χ1) is 13.0. The quantitative estimate of drug-likeness (QED) is 0.624. The summed E-state index contributed by atoms with van der Waals surface area (Å²) in [6.07, 6.45) is 0. The average Bonchev–Trinajstić information content (AvgIpc) is 3.07. The Bertz CT molecular complexity index is 931. The number of hydrogen-bond donors (Lipinski definition) is 1. The third-order valence-corrected chi connectivity index (χ3v) is 4.32. The third-order valence-electron chi connectivity index (χ3n) is 3.50. The first kappa shape index (κ1) is 18.8. The van der Waals surface area contributed by atoms with E-state index in [0.717, 1.165) is 10.7 Å². The second-order valence-corrected chi connectivity index (χ2v) is 6.57. The van der Waals surface area contributed by atoms with Gasteiger partial charge in [-0.05, 0) is 37.3 Å². The van der Waals surface area contributed by atoms with Crippen molar-refractivity contribution in [1.82, 2.24) is 4.98 Å². The number of ether oxygens (including phenoxy) is 2. The van der Waals surface area contributed by atoms with Crippen molar-refractivity contribution in [3.63, 3.8) is 0 Å². The van der Waals surface area contributed by atoms with E-state index in [2.05, 4.69) is 15.0 Å². The van der Waals surface area contributed by atoms with E-state index in [1.807, 2.05) is 12.3 Å². The fraction of sp³-hybridized carbons (Fsp3) is 0.158. The summed E-state index contributed by atoms with van der Waals surface area (Å²) >= 11 is 1.53. The van der Waals surface area contributed by atoms with E-state index < -0.39 is 12.5 Å². The van der Waals surface area contributed by atoms with Crippen LogP contribution in [-0.2, 0) is 6.61 Å². The Hall–Kier alpha value is -3.00. The number of alkyl halides is 2. The number of carbonyl (C=O) groups excluding carboxylic acids is 1. The molecule has 0 bridgehead atoms. The first-order valence-electron chi connectivity index (χ1n) is 8.00. The van der Waals surface area contributed by atoms with Crippen LogP contribution in [0.15, 0.2) is 53.9 Å². The van der Waals surface area contributed by atoms with Gasteiger partial charge in [0.1, 0.15) is 18.1 Å². The molecule has 3 rings (SSSR count). The van der Waals surface area contributed by atoms with Crippen LogP contribution in [-0.4, -0.2) is 17.5 Å². The minimum atomic E-state index is -2.98. The number of carbonyl (C=O) groups is 1. The summed E-state index contributed by atoms with van der Waals surface area (Å²) in [5, 5.41) is 5.43. The molecule has 0 spiro atoms. The molecule has 1 aromatic heterocycles. The molecule has 0 saturated heterocycles. The van der Waals surface area contributed by atoms with Crippen LogP contribution >= 0.6 is 11.3 Å². The van der Waals surface area contributed by atoms with Crippen LogP contribution < -0.4 is 14.8 Å². The fourth-order valence-corrected chi connectivity index (χ4v) is 2.92. The standard InChI is InChI=1S/C19H16F2N2O3S/c1-12-22-14(11-27-12)10-25-15-6-4-5-13(9-15)18(24)23-16-7-2-3-8-17(16)26-19(20)21/h2-9,11,19H,10H2,1H3,(H,23,24).